The monoisotopic (exact) mass is 579 g/mol. The summed E-state index contributed by atoms with van der Waals surface area (Å²) in [6, 6.07) is 0. The molecule has 1 atom stereocenters. The minimum Gasteiger partial charge on any atom is -0.462 e. The summed E-state index contributed by atoms with van der Waals surface area (Å²) < 4.78 is 25.9. The normalized spacial score (nSPS) is 12.2. The van der Waals surface area contributed by atoms with E-state index in [2.05, 4.69) is 16.8 Å². The van der Waals surface area contributed by atoms with Crippen LogP contribution < -0.4 is 5.32 Å². The standard InChI is InChI=1S/C28H54NO9P/c1-3-4-5-14-18-21-28(32)38-26(24-37-39(33,34)35)23-36-27(31)20-17-15-12-10-8-6-7-9-11-13-16-19-22-29-25(2)30/h26H,3-24H2,1-2H3,(H,29,30)(H2,33,34,35)/t26-/m0/s1. The van der Waals surface area contributed by atoms with E-state index >= 15 is 0 Å². The molecular weight excluding hydrogens is 525 g/mol. The Morgan fingerprint density at radius 1 is 0.692 bits per heavy atom. The number of ether oxygens (including phenoxy) is 2. The van der Waals surface area contributed by atoms with Gasteiger partial charge in [0.25, 0.3) is 0 Å². The summed E-state index contributed by atoms with van der Waals surface area (Å²) in [5.41, 5.74) is 0. The first-order chi connectivity index (χ1) is 18.6. The lowest BCUT2D eigenvalue weighted by molar-refractivity contribution is -0.161. The minimum atomic E-state index is -4.74. The second-order valence-electron chi connectivity index (χ2n) is 10.2. The number of carbonyl (C=O) groups excluding carboxylic acids is 3. The molecule has 0 aromatic heterocycles. The van der Waals surface area contributed by atoms with E-state index in [1.807, 2.05) is 0 Å². The van der Waals surface area contributed by atoms with Gasteiger partial charge in [-0.2, -0.15) is 0 Å². The number of amides is 1. The highest BCUT2D eigenvalue weighted by atomic mass is 31.2. The lowest BCUT2D eigenvalue weighted by atomic mass is 10.0. The van der Waals surface area contributed by atoms with Crippen LogP contribution in [0.5, 0.6) is 0 Å². The van der Waals surface area contributed by atoms with Crippen molar-refractivity contribution >= 4 is 25.7 Å². The van der Waals surface area contributed by atoms with Gasteiger partial charge < -0.3 is 24.6 Å². The molecule has 0 saturated heterocycles. The Labute approximate surface area is 235 Å². The fourth-order valence-electron chi connectivity index (χ4n) is 4.10. The van der Waals surface area contributed by atoms with Crippen LogP contribution in [0.25, 0.3) is 0 Å². The van der Waals surface area contributed by atoms with Gasteiger partial charge in [0.2, 0.25) is 5.91 Å². The second-order valence-corrected chi connectivity index (χ2v) is 11.5. The Morgan fingerprint density at radius 2 is 1.15 bits per heavy atom. The molecule has 0 bridgehead atoms. The van der Waals surface area contributed by atoms with E-state index in [4.69, 9.17) is 19.3 Å². The molecule has 0 rings (SSSR count). The summed E-state index contributed by atoms with van der Waals surface area (Å²) in [5.74, 6) is -0.889. The number of phosphoric acid groups is 1. The van der Waals surface area contributed by atoms with E-state index < -0.39 is 32.5 Å². The third-order valence-corrected chi connectivity index (χ3v) is 6.81. The van der Waals surface area contributed by atoms with Crippen LogP contribution in [-0.2, 0) is 32.9 Å². The number of carbonyl (C=O) groups is 3. The predicted octanol–water partition coefficient (Wildman–Crippen LogP) is 6.12. The topological polar surface area (TPSA) is 148 Å². The third-order valence-electron chi connectivity index (χ3n) is 6.32. The van der Waals surface area contributed by atoms with Crippen molar-refractivity contribution in [2.45, 2.75) is 142 Å². The minimum absolute atomic E-state index is 0.0374. The summed E-state index contributed by atoms with van der Waals surface area (Å²) in [4.78, 5) is 52.8. The average molecular weight is 580 g/mol. The number of phosphoric ester groups is 1. The maximum absolute atomic E-state index is 12.1. The number of unbranched alkanes of at least 4 members (excludes halogenated alkanes) is 15. The number of nitrogens with one attached hydrogen (secondary N) is 1. The van der Waals surface area contributed by atoms with E-state index in [0.717, 1.165) is 64.3 Å². The number of hydrogen-bond acceptors (Lipinski definition) is 7. The fraction of sp³-hybridized carbons (Fsp3) is 0.893. The Morgan fingerprint density at radius 3 is 1.64 bits per heavy atom. The maximum Gasteiger partial charge on any atom is 0.469 e. The lowest BCUT2D eigenvalue weighted by Gasteiger charge is -2.18. The molecule has 230 valence electrons. The van der Waals surface area contributed by atoms with Gasteiger partial charge in [0.15, 0.2) is 6.10 Å². The molecule has 0 aromatic rings. The zero-order valence-corrected chi connectivity index (χ0v) is 25.2. The fourth-order valence-corrected chi connectivity index (χ4v) is 4.46. The zero-order valence-electron chi connectivity index (χ0n) is 24.3. The largest absolute Gasteiger partial charge is 0.469 e. The van der Waals surface area contributed by atoms with Gasteiger partial charge in [-0.15, -0.1) is 0 Å². The third kappa shape index (κ3) is 29.3. The summed E-state index contributed by atoms with van der Waals surface area (Å²) in [5, 5.41) is 2.82. The Hall–Kier alpha value is -1.48. The van der Waals surface area contributed by atoms with Crippen molar-refractivity contribution in [3.05, 3.63) is 0 Å². The van der Waals surface area contributed by atoms with Crippen molar-refractivity contribution in [1.82, 2.24) is 5.32 Å². The smallest absolute Gasteiger partial charge is 0.462 e. The van der Waals surface area contributed by atoms with E-state index in [0.29, 0.717) is 12.8 Å². The van der Waals surface area contributed by atoms with E-state index in [9.17, 15) is 18.9 Å². The molecule has 0 aliphatic rings. The van der Waals surface area contributed by atoms with Crippen LogP contribution in [0.3, 0.4) is 0 Å². The average Bonchev–Trinajstić information content (AvgIpc) is 2.87. The molecule has 0 spiro atoms. The molecule has 0 fully saturated rings. The number of rotatable bonds is 27. The number of esters is 2. The highest BCUT2D eigenvalue weighted by molar-refractivity contribution is 7.46. The molecule has 1 amide bonds. The molecule has 10 nitrogen and oxygen atoms in total. The van der Waals surface area contributed by atoms with Crippen molar-refractivity contribution in [1.29, 1.82) is 0 Å². The van der Waals surface area contributed by atoms with Gasteiger partial charge in [0.05, 0.1) is 6.61 Å². The van der Waals surface area contributed by atoms with Crippen LogP contribution in [-0.4, -0.2) is 53.5 Å². The van der Waals surface area contributed by atoms with Gasteiger partial charge in [-0.05, 0) is 19.3 Å². The molecule has 0 unspecified atom stereocenters. The van der Waals surface area contributed by atoms with E-state index in [1.165, 1.54) is 38.5 Å². The molecular formula is C28H54NO9P. The van der Waals surface area contributed by atoms with Crippen LogP contribution in [0.2, 0.25) is 0 Å². The molecule has 39 heavy (non-hydrogen) atoms. The van der Waals surface area contributed by atoms with Crippen molar-refractivity contribution in [3.8, 4) is 0 Å². The highest BCUT2D eigenvalue weighted by Gasteiger charge is 2.22. The first-order valence-corrected chi connectivity index (χ1v) is 16.5. The maximum atomic E-state index is 12.1. The van der Waals surface area contributed by atoms with Gasteiger partial charge >= 0.3 is 19.8 Å². The first-order valence-electron chi connectivity index (χ1n) is 14.9. The highest BCUT2D eigenvalue weighted by Crippen LogP contribution is 2.35. The van der Waals surface area contributed by atoms with Gasteiger partial charge in [0, 0.05) is 26.3 Å². The van der Waals surface area contributed by atoms with Gasteiger partial charge in [-0.1, -0.05) is 96.8 Å². The number of hydrogen-bond donors (Lipinski definition) is 3. The van der Waals surface area contributed by atoms with Crippen molar-refractivity contribution in [2.75, 3.05) is 19.8 Å². The molecule has 0 aromatic carbocycles. The SMILES string of the molecule is CCCCCCCC(=O)O[C@@H](COC(=O)CCCCCCCCCCCCCCNC(C)=O)COP(=O)(O)O. The van der Waals surface area contributed by atoms with Crippen molar-refractivity contribution < 1.29 is 42.7 Å². The molecule has 0 aliphatic carbocycles. The predicted molar refractivity (Wildman–Crippen MR) is 151 cm³/mol. The van der Waals surface area contributed by atoms with Crippen molar-refractivity contribution in [3.63, 3.8) is 0 Å². The first kappa shape index (κ1) is 37.5. The zero-order chi connectivity index (χ0) is 29.2. The Balaban J connectivity index is 3.87. The lowest BCUT2D eigenvalue weighted by Crippen LogP contribution is -2.29. The van der Waals surface area contributed by atoms with Crippen LogP contribution in [0, 0.1) is 0 Å². The summed E-state index contributed by atoms with van der Waals surface area (Å²) >= 11 is 0. The quantitative estimate of drug-likeness (QED) is 0.0594. The van der Waals surface area contributed by atoms with Crippen LogP contribution in [0.4, 0.5) is 0 Å². The van der Waals surface area contributed by atoms with Crippen LogP contribution in [0.1, 0.15) is 136 Å². The van der Waals surface area contributed by atoms with Crippen LogP contribution in [0.15, 0.2) is 0 Å². The molecule has 0 aliphatic heterocycles. The van der Waals surface area contributed by atoms with Gasteiger partial charge in [-0.25, -0.2) is 4.57 Å². The van der Waals surface area contributed by atoms with E-state index in [-0.39, 0.29) is 25.4 Å². The molecule has 11 heteroatoms. The second kappa shape index (κ2) is 25.5. The molecule has 0 heterocycles. The molecule has 0 radical (unpaired) electrons. The molecule has 3 N–H and O–H groups in total. The summed E-state index contributed by atoms with van der Waals surface area (Å²) in [6.45, 7) is 3.58. The van der Waals surface area contributed by atoms with E-state index in [1.54, 1.807) is 6.92 Å². The summed E-state index contributed by atoms with van der Waals surface area (Å²) in [7, 11) is -4.74. The Bertz CT molecular complexity index is 684. The van der Waals surface area contributed by atoms with Gasteiger partial charge in [-0.3, -0.25) is 18.9 Å². The summed E-state index contributed by atoms with van der Waals surface area (Å²) in [6.07, 6.45) is 17.6. The molecule has 0 saturated carbocycles. The van der Waals surface area contributed by atoms with Crippen molar-refractivity contribution in [2.24, 2.45) is 0 Å². The van der Waals surface area contributed by atoms with Crippen LogP contribution >= 0.6 is 7.82 Å². The van der Waals surface area contributed by atoms with Gasteiger partial charge in [0.1, 0.15) is 6.61 Å². The Kier molecular flexibility index (Phi) is 24.5.